The zero-order valence-electron chi connectivity index (χ0n) is 10.9. The zero-order valence-corrected chi connectivity index (χ0v) is 10.9. The molecule has 0 amide bonds. The van der Waals surface area contributed by atoms with E-state index in [4.69, 9.17) is 0 Å². The van der Waals surface area contributed by atoms with Gasteiger partial charge in [0, 0.05) is 12.1 Å². The molecule has 15 heavy (non-hydrogen) atoms. The molecule has 0 N–H and O–H groups in total. The van der Waals surface area contributed by atoms with Gasteiger partial charge in [-0.2, -0.15) is 0 Å². The molecule has 0 aromatic heterocycles. The van der Waals surface area contributed by atoms with Crippen molar-refractivity contribution in [3.05, 3.63) is 0 Å². The van der Waals surface area contributed by atoms with Gasteiger partial charge in [0.25, 0.3) is 0 Å². The molecular weight excluding hydrogens is 182 g/mol. The fraction of sp³-hybridized carbons (Fsp3) is 1.00. The first-order chi connectivity index (χ1) is 7.10. The fourth-order valence-corrected chi connectivity index (χ4v) is 3.81. The van der Waals surface area contributed by atoms with Crippen LogP contribution in [0, 0.1) is 11.3 Å². The lowest BCUT2D eigenvalue weighted by Crippen LogP contribution is -2.44. The van der Waals surface area contributed by atoms with Gasteiger partial charge in [-0.05, 0) is 44.1 Å². The number of hydrogen-bond donors (Lipinski definition) is 0. The predicted octanol–water partition coefficient (Wildman–Crippen LogP) is 3.69. The Bertz CT molecular complexity index is 205. The van der Waals surface area contributed by atoms with Gasteiger partial charge in [-0.25, -0.2) is 0 Å². The van der Waals surface area contributed by atoms with Crippen LogP contribution in [0.4, 0.5) is 0 Å². The maximum atomic E-state index is 2.66. The first kappa shape index (κ1) is 11.4. The molecular formula is C14H27N. The summed E-state index contributed by atoms with van der Waals surface area (Å²) >= 11 is 0. The molecule has 0 spiro atoms. The number of piperidine rings is 1. The van der Waals surface area contributed by atoms with E-state index in [1.807, 2.05) is 0 Å². The van der Waals surface area contributed by atoms with Crippen LogP contribution in [-0.2, 0) is 0 Å². The highest BCUT2D eigenvalue weighted by Gasteiger charge is 2.43. The standard InChI is InChI=1S/C14H27N/c1-5-14(3,6-2)11-9-12-7-8-13(10-11)15(12)4/h11-13H,5-10H2,1-4H3. The van der Waals surface area contributed by atoms with E-state index in [-0.39, 0.29) is 0 Å². The Kier molecular flexibility index (Phi) is 3.12. The Balaban J connectivity index is 2.08. The number of fused-ring (bicyclic) bond motifs is 2. The van der Waals surface area contributed by atoms with Crippen LogP contribution in [0.2, 0.25) is 0 Å². The molecule has 2 aliphatic rings. The molecule has 1 nitrogen and oxygen atoms in total. The molecule has 2 saturated heterocycles. The van der Waals surface area contributed by atoms with E-state index in [2.05, 4.69) is 32.7 Å². The maximum Gasteiger partial charge on any atom is 0.00985 e. The highest BCUT2D eigenvalue weighted by molar-refractivity contribution is 4.97. The van der Waals surface area contributed by atoms with Crippen LogP contribution < -0.4 is 0 Å². The number of nitrogens with zero attached hydrogens (tertiary/aromatic N) is 1. The third-order valence-electron chi connectivity index (χ3n) is 5.70. The largest absolute Gasteiger partial charge is 0.300 e. The highest BCUT2D eigenvalue weighted by atomic mass is 15.2. The van der Waals surface area contributed by atoms with Crippen LogP contribution in [0.5, 0.6) is 0 Å². The second kappa shape index (κ2) is 4.08. The van der Waals surface area contributed by atoms with Gasteiger partial charge in [0.05, 0.1) is 0 Å². The molecule has 2 unspecified atom stereocenters. The van der Waals surface area contributed by atoms with Crippen LogP contribution >= 0.6 is 0 Å². The summed E-state index contributed by atoms with van der Waals surface area (Å²) in [6, 6.07) is 1.82. The second-order valence-corrected chi connectivity index (χ2v) is 6.08. The third kappa shape index (κ3) is 1.84. The Morgan fingerprint density at radius 1 is 1.07 bits per heavy atom. The van der Waals surface area contributed by atoms with Crippen molar-refractivity contribution in [2.45, 2.75) is 71.4 Å². The summed E-state index contributed by atoms with van der Waals surface area (Å²) in [5.74, 6) is 0.987. The molecule has 2 aliphatic heterocycles. The average Bonchev–Trinajstić information content (AvgIpc) is 2.51. The summed E-state index contributed by atoms with van der Waals surface area (Å²) < 4.78 is 0. The van der Waals surface area contributed by atoms with Crippen LogP contribution in [0.3, 0.4) is 0 Å². The first-order valence-corrected chi connectivity index (χ1v) is 6.82. The average molecular weight is 209 g/mol. The Morgan fingerprint density at radius 2 is 1.53 bits per heavy atom. The van der Waals surface area contributed by atoms with E-state index < -0.39 is 0 Å². The lowest BCUT2D eigenvalue weighted by molar-refractivity contribution is 0.0491. The quantitative estimate of drug-likeness (QED) is 0.685. The molecule has 0 saturated carbocycles. The summed E-state index contributed by atoms with van der Waals surface area (Å²) in [7, 11) is 2.34. The van der Waals surface area contributed by atoms with Gasteiger partial charge in [0.15, 0.2) is 0 Å². The summed E-state index contributed by atoms with van der Waals surface area (Å²) in [5.41, 5.74) is 0.613. The van der Waals surface area contributed by atoms with E-state index in [0.717, 1.165) is 18.0 Å². The van der Waals surface area contributed by atoms with Crippen molar-refractivity contribution in [3.63, 3.8) is 0 Å². The van der Waals surface area contributed by atoms with Gasteiger partial charge >= 0.3 is 0 Å². The smallest absolute Gasteiger partial charge is 0.00985 e. The van der Waals surface area contributed by atoms with Crippen molar-refractivity contribution < 1.29 is 0 Å². The molecule has 2 heterocycles. The highest BCUT2D eigenvalue weighted by Crippen LogP contribution is 2.47. The van der Waals surface area contributed by atoms with Crippen molar-refractivity contribution >= 4 is 0 Å². The summed E-state index contributed by atoms with van der Waals surface area (Å²) in [4.78, 5) is 2.66. The Labute approximate surface area is 95.2 Å². The van der Waals surface area contributed by atoms with E-state index >= 15 is 0 Å². The maximum absolute atomic E-state index is 2.66. The van der Waals surface area contributed by atoms with Gasteiger partial charge < -0.3 is 4.90 Å². The lowest BCUT2D eigenvalue weighted by atomic mass is 9.67. The minimum atomic E-state index is 0.613. The molecule has 0 aromatic carbocycles. The number of rotatable bonds is 3. The van der Waals surface area contributed by atoms with Crippen LogP contribution in [0.25, 0.3) is 0 Å². The van der Waals surface area contributed by atoms with Gasteiger partial charge in [0.2, 0.25) is 0 Å². The summed E-state index contributed by atoms with van der Waals surface area (Å²) in [5, 5.41) is 0. The molecule has 2 atom stereocenters. The zero-order chi connectivity index (χ0) is 11.1. The third-order valence-corrected chi connectivity index (χ3v) is 5.70. The van der Waals surface area contributed by atoms with Crippen LogP contribution in [-0.4, -0.2) is 24.0 Å². The van der Waals surface area contributed by atoms with E-state index in [9.17, 15) is 0 Å². The van der Waals surface area contributed by atoms with Gasteiger partial charge in [-0.1, -0.05) is 33.6 Å². The van der Waals surface area contributed by atoms with Gasteiger partial charge in [0.1, 0.15) is 0 Å². The Hall–Kier alpha value is -0.0400. The minimum absolute atomic E-state index is 0.613. The van der Waals surface area contributed by atoms with Crippen molar-refractivity contribution in [1.29, 1.82) is 0 Å². The Morgan fingerprint density at radius 3 is 1.93 bits per heavy atom. The molecule has 0 aromatic rings. The monoisotopic (exact) mass is 209 g/mol. The lowest BCUT2D eigenvalue weighted by Gasteiger charge is -2.45. The predicted molar refractivity (Wildman–Crippen MR) is 66.0 cm³/mol. The summed E-state index contributed by atoms with van der Waals surface area (Å²) in [6.07, 6.45) is 8.56. The topological polar surface area (TPSA) is 3.24 Å². The first-order valence-electron chi connectivity index (χ1n) is 6.82. The molecule has 0 aliphatic carbocycles. The molecule has 88 valence electrons. The van der Waals surface area contributed by atoms with Crippen LogP contribution in [0.1, 0.15) is 59.3 Å². The number of hydrogen-bond acceptors (Lipinski definition) is 1. The van der Waals surface area contributed by atoms with Crippen molar-refractivity contribution in [3.8, 4) is 0 Å². The fourth-order valence-electron chi connectivity index (χ4n) is 3.81. The molecule has 2 bridgehead atoms. The van der Waals surface area contributed by atoms with E-state index in [1.54, 1.807) is 0 Å². The van der Waals surface area contributed by atoms with Gasteiger partial charge in [-0.3, -0.25) is 0 Å². The minimum Gasteiger partial charge on any atom is -0.300 e. The molecule has 0 radical (unpaired) electrons. The van der Waals surface area contributed by atoms with Crippen molar-refractivity contribution in [2.24, 2.45) is 11.3 Å². The van der Waals surface area contributed by atoms with E-state index in [0.29, 0.717) is 5.41 Å². The van der Waals surface area contributed by atoms with Crippen LogP contribution in [0.15, 0.2) is 0 Å². The van der Waals surface area contributed by atoms with Crippen molar-refractivity contribution in [2.75, 3.05) is 7.05 Å². The second-order valence-electron chi connectivity index (χ2n) is 6.08. The molecule has 1 heteroatoms. The molecule has 2 rings (SSSR count). The van der Waals surface area contributed by atoms with Gasteiger partial charge in [-0.15, -0.1) is 0 Å². The summed E-state index contributed by atoms with van der Waals surface area (Å²) in [6.45, 7) is 7.27. The van der Waals surface area contributed by atoms with Crippen molar-refractivity contribution in [1.82, 2.24) is 4.90 Å². The van der Waals surface area contributed by atoms with E-state index in [1.165, 1.54) is 38.5 Å². The molecule has 2 fully saturated rings. The normalized spacial score (nSPS) is 37.2. The SMILES string of the molecule is CCC(C)(CC)C1CC2CCC(C1)N2C.